The Morgan fingerprint density at radius 3 is 2.63 bits per heavy atom. The van der Waals surface area contributed by atoms with Gasteiger partial charge in [0.15, 0.2) is 11.5 Å². The number of hydrogen-bond donors (Lipinski definition) is 3. The molecule has 0 aliphatic carbocycles. The average Bonchev–Trinajstić information content (AvgIpc) is 2.59. The molecule has 0 radical (unpaired) electrons. The zero-order valence-electron chi connectivity index (χ0n) is 15.2. The Balaban J connectivity index is 2.06. The van der Waals surface area contributed by atoms with Crippen LogP contribution in [0.4, 0.5) is 0 Å². The smallest absolute Gasteiger partial charge is 0.349 e. The normalized spacial score (nSPS) is 12.6. The number of nitrogens with two attached hydrogens (primary N) is 1. The monoisotopic (exact) mass is 371 g/mol. The largest absolute Gasteiger partial charge is 0.480 e. The molecule has 1 aromatic rings. The molecule has 0 unspecified atom stereocenters. The van der Waals surface area contributed by atoms with Gasteiger partial charge in [0.2, 0.25) is 0 Å². The molecule has 0 saturated heterocycles. The molecule has 0 aromatic heterocycles. The van der Waals surface area contributed by atoms with Gasteiger partial charge >= 0.3 is 11.7 Å². The minimum absolute atomic E-state index is 0.104. The molecule has 2 aliphatic rings. The first-order valence-corrected chi connectivity index (χ1v) is 8.68. The van der Waals surface area contributed by atoms with Crippen LogP contribution in [0.5, 0.6) is 0 Å². The van der Waals surface area contributed by atoms with Crippen molar-refractivity contribution in [2.75, 3.05) is 0 Å². The van der Waals surface area contributed by atoms with E-state index in [1.807, 2.05) is 26.0 Å². The van der Waals surface area contributed by atoms with Gasteiger partial charge in [-0.15, -0.1) is 0 Å². The standard InChI is InChI=1S/C18H21N5O4/c1-9-7-12-13(8-10(9)2)23(6-4-3-5-11(19)17(25)26)15-14(20-12)16(24)22-18(27)21-15/h7-8,11H,3-6,19H2,1-2H3,(H,25,26)(H,22,24,27)/t11-/m0/s1. The maximum absolute atomic E-state index is 12.2. The second kappa shape index (κ2) is 7.28. The van der Waals surface area contributed by atoms with Crippen LogP contribution in [0.1, 0.15) is 30.4 Å². The van der Waals surface area contributed by atoms with Crippen molar-refractivity contribution in [3.8, 4) is 11.5 Å². The molecule has 3 rings (SSSR count). The summed E-state index contributed by atoms with van der Waals surface area (Å²) < 4.78 is 1.80. The van der Waals surface area contributed by atoms with Crippen LogP contribution in [0.3, 0.4) is 0 Å². The average molecular weight is 371 g/mol. The highest BCUT2D eigenvalue weighted by Crippen LogP contribution is 2.24. The first kappa shape index (κ1) is 18.7. The number of nitrogens with one attached hydrogen (secondary N) is 1. The molecule has 9 nitrogen and oxygen atoms in total. The third-order valence-corrected chi connectivity index (χ3v) is 4.69. The number of rotatable bonds is 6. The number of fused-ring (bicyclic) bond motifs is 2. The van der Waals surface area contributed by atoms with E-state index in [2.05, 4.69) is 15.0 Å². The van der Waals surface area contributed by atoms with Crippen molar-refractivity contribution < 1.29 is 9.90 Å². The topological polar surface area (TPSA) is 144 Å². The zero-order valence-corrected chi connectivity index (χ0v) is 15.2. The summed E-state index contributed by atoms with van der Waals surface area (Å²) in [5.74, 6) is -0.806. The van der Waals surface area contributed by atoms with Crippen molar-refractivity contribution in [2.45, 2.75) is 45.7 Å². The Morgan fingerprint density at radius 1 is 1.22 bits per heavy atom. The van der Waals surface area contributed by atoms with Gasteiger partial charge in [-0.2, -0.15) is 4.98 Å². The number of aromatic amines is 1. The first-order valence-electron chi connectivity index (χ1n) is 8.68. The molecule has 0 spiro atoms. The van der Waals surface area contributed by atoms with Gasteiger partial charge in [0, 0.05) is 6.54 Å². The van der Waals surface area contributed by atoms with Crippen molar-refractivity contribution in [3.63, 3.8) is 0 Å². The van der Waals surface area contributed by atoms with Crippen LogP contribution in [0.15, 0.2) is 21.7 Å². The van der Waals surface area contributed by atoms with Gasteiger partial charge in [0.1, 0.15) is 6.04 Å². The van der Waals surface area contributed by atoms with Crippen LogP contribution in [0.2, 0.25) is 0 Å². The maximum Gasteiger partial charge on any atom is 0.349 e. The summed E-state index contributed by atoms with van der Waals surface area (Å²) in [7, 11) is 0. The van der Waals surface area contributed by atoms with Crippen molar-refractivity contribution in [3.05, 3.63) is 44.1 Å². The summed E-state index contributed by atoms with van der Waals surface area (Å²) in [6, 6.07) is 2.94. The molecule has 0 bridgehead atoms. The number of carboxylic acid groups (broad SMARTS) is 1. The van der Waals surface area contributed by atoms with Gasteiger partial charge in [-0.25, -0.2) is 9.78 Å². The second-order valence-corrected chi connectivity index (χ2v) is 6.67. The number of aromatic nitrogens is 4. The lowest BCUT2D eigenvalue weighted by atomic mass is 10.1. The molecular weight excluding hydrogens is 350 g/mol. The molecule has 2 heterocycles. The van der Waals surface area contributed by atoms with Gasteiger partial charge < -0.3 is 15.4 Å². The maximum atomic E-state index is 12.2. The summed E-state index contributed by atoms with van der Waals surface area (Å²) in [4.78, 5) is 45.2. The fourth-order valence-corrected chi connectivity index (χ4v) is 3.03. The summed E-state index contributed by atoms with van der Waals surface area (Å²) >= 11 is 0. The third kappa shape index (κ3) is 3.72. The minimum Gasteiger partial charge on any atom is -0.480 e. The predicted octanol–water partition coefficient (Wildman–Crippen LogP) is 0.784. The lowest BCUT2D eigenvalue weighted by molar-refractivity contribution is -0.138. The number of benzene rings is 1. The van der Waals surface area contributed by atoms with E-state index in [1.165, 1.54) is 0 Å². The van der Waals surface area contributed by atoms with Crippen LogP contribution >= 0.6 is 0 Å². The van der Waals surface area contributed by atoms with Crippen LogP contribution < -0.4 is 17.0 Å². The van der Waals surface area contributed by atoms with Crippen molar-refractivity contribution in [1.29, 1.82) is 0 Å². The summed E-state index contributed by atoms with van der Waals surface area (Å²) in [6.07, 6.45) is 1.55. The summed E-state index contributed by atoms with van der Waals surface area (Å²) in [5.41, 5.74) is 7.84. The van der Waals surface area contributed by atoms with Crippen LogP contribution in [-0.4, -0.2) is 36.6 Å². The predicted molar refractivity (Wildman–Crippen MR) is 100.0 cm³/mol. The number of nitrogens with zero attached hydrogens (tertiary/aromatic N) is 3. The fraction of sp³-hybridized carbons (Fsp3) is 0.389. The zero-order chi connectivity index (χ0) is 19.7. The molecule has 142 valence electrons. The van der Waals surface area contributed by atoms with E-state index in [0.717, 1.165) is 16.6 Å². The number of carboxylic acids is 1. The van der Waals surface area contributed by atoms with Gasteiger partial charge in [0.25, 0.3) is 5.56 Å². The van der Waals surface area contributed by atoms with E-state index in [-0.39, 0.29) is 11.5 Å². The summed E-state index contributed by atoms with van der Waals surface area (Å²) in [6.45, 7) is 4.39. The van der Waals surface area contributed by atoms with E-state index in [4.69, 9.17) is 10.8 Å². The number of H-pyrrole nitrogens is 1. The highest BCUT2D eigenvalue weighted by Gasteiger charge is 2.19. The molecule has 2 aliphatic heterocycles. The quantitative estimate of drug-likeness (QED) is 0.429. The van der Waals surface area contributed by atoms with Crippen LogP contribution in [0, 0.1) is 13.8 Å². The minimum atomic E-state index is -1.03. The van der Waals surface area contributed by atoms with E-state index in [1.54, 1.807) is 4.57 Å². The summed E-state index contributed by atoms with van der Waals surface area (Å²) in [5, 5.41) is 8.88. The fourth-order valence-electron chi connectivity index (χ4n) is 3.03. The van der Waals surface area contributed by atoms with Gasteiger partial charge in [-0.05, 0) is 56.4 Å². The Kier molecular flexibility index (Phi) is 5.04. The molecule has 0 amide bonds. The highest BCUT2D eigenvalue weighted by atomic mass is 16.4. The molecule has 9 heteroatoms. The molecule has 1 atom stereocenters. The third-order valence-electron chi connectivity index (χ3n) is 4.69. The SMILES string of the molecule is Cc1cc2nc3c(=O)[nH]c(=O)nc-3n(CCCC[C@H](N)C(=O)O)c2cc1C. The van der Waals surface area contributed by atoms with Gasteiger partial charge in [0.05, 0.1) is 11.0 Å². The molecular formula is C18H21N5O4. The van der Waals surface area contributed by atoms with Crippen molar-refractivity contribution in [1.82, 2.24) is 19.5 Å². The number of carbonyl (C=O) groups is 1. The molecule has 0 saturated carbocycles. The molecule has 1 aromatic carbocycles. The Bertz CT molecular complexity index is 1100. The van der Waals surface area contributed by atoms with Crippen molar-refractivity contribution >= 4 is 17.0 Å². The number of aryl methyl sites for hydroxylation is 3. The van der Waals surface area contributed by atoms with E-state index in [9.17, 15) is 14.4 Å². The molecule has 27 heavy (non-hydrogen) atoms. The first-order chi connectivity index (χ1) is 12.8. The number of hydrogen-bond acceptors (Lipinski definition) is 6. The van der Waals surface area contributed by atoms with E-state index >= 15 is 0 Å². The van der Waals surface area contributed by atoms with Crippen LogP contribution in [0.25, 0.3) is 22.6 Å². The van der Waals surface area contributed by atoms with Gasteiger partial charge in [-0.3, -0.25) is 14.6 Å². The van der Waals surface area contributed by atoms with Gasteiger partial charge in [-0.1, -0.05) is 0 Å². The number of unbranched alkanes of at least 4 members (excludes halogenated alkanes) is 1. The lowest BCUT2D eigenvalue weighted by Crippen LogP contribution is -2.30. The lowest BCUT2D eigenvalue weighted by Gasteiger charge is -2.18. The second-order valence-electron chi connectivity index (χ2n) is 6.67. The van der Waals surface area contributed by atoms with E-state index in [0.29, 0.717) is 31.3 Å². The molecule has 4 N–H and O–H groups in total. The van der Waals surface area contributed by atoms with Crippen molar-refractivity contribution in [2.24, 2.45) is 5.73 Å². The molecule has 0 fully saturated rings. The highest BCUT2D eigenvalue weighted by molar-refractivity contribution is 5.81. The Hall–Kier alpha value is -3.07. The van der Waals surface area contributed by atoms with Crippen LogP contribution in [-0.2, 0) is 11.3 Å². The number of aliphatic carboxylic acids is 1. The Labute approximate surface area is 154 Å². The van der Waals surface area contributed by atoms with E-state index < -0.39 is 23.3 Å². The Morgan fingerprint density at radius 2 is 1.93 bits per heavy atom.